The standard InChI is InChI=1S/C14H26N2O3/c1-4-19-14(18)10-16(3)9-13(17)15-12-8-6-5-7-11(12)2/h11-12H,4-10H2,1-3H3,(H,15,17). The Morgan fingerprint density at radius 2 is 1.95 bits per heavy atom. The van der Waals surface area contributed by atoms with Crippen LogP contribution in [0.15, 0.2) is 0 Å². The van der Waals surface area contributed by atoms with Gasteiger partial charge in [-0.05, 0) is 32.7 Å². The lowest BCUT2D eigenvalue weighted by atomic mass is 9.86. The number of esters is 1. The molecule has 0 aromatic heterocycles. The lowest BCUT2D eigenvalue weighted by Gasteiger charge is -2.30. The molecule has 0 aliphatic heterocycles. The first-order valence-corrected chi connectivity index (χ1v) is 7.16. The Bertz CT molecular complexity index is 307. The van der Waals surface area contributed by atoms with Gasteiger partial charge in [0.15, 0.2) is 0 Å². The minimum atomic E-state index is -0.288. The van der Waals surface area contributed by atoms with Gasteiger partial charge in [-0.1, -0.05) is 19.8 Å². The average molecular weight is 270 g/mol. The number of nitrogens with one attached hydrogen (secondary N) is 1. The average Bonchev–Trinajstić information content (AvgIpc) is 2.31. The van der Waals surface area contributed by atoms with Crippen LogP contribution in [0.25, 0.3) is 0 Å². The molecule has 0 heterocycles. The molecule has 5 heteroatoms. The van der Waals surface area contributed by atoms with Crippen molar-refractivity contribution in [3.05, 3.63) is 0 Å². The fraction of sp³-hybridized carbons (Fsp3) is 0.857. The number of hydrogen-bond donors (Lipinski definition) is 1. The number of ether oxygens (including phenoxy) is 1. The second-order valence-corrected chi connectivity index (χ2v) is 5.41. The van der Waals surface area contributed by atoms with Crippen LogP contribution in [0.3, 0.4) is 0 Å². The van der Waals surface area contributed by atoms with E-state index in [2.05, 4.69) is 12.2 Å². The monoisotopic (exact) mass is 270 g/mol. The Morgan fingerprint density at radius 3 is 2.58 bits per heavy atom. The zero-order valence-corrected chi connectivity index (χ0v) is 12.3. The highest BCUT2D eigenvalue weighted by Crippen LogP contribution is 2.23. The van der Waals surface area contributed by atoms with Crippen LogP contribution in [-0.4, -0.2) is 49.6 Å². The van der Waals surface area contributed by atoms with Crippen molar-refractivity contribution in [3.8, 4) is 0 Å². The summed E-state index contributed by atoms with van der Waals surface area (Å²) in [5, 5.41) is 3.07. The number of amides is 1. The Morgan fingerprint density at radius 1 is 1.26 bits per heavy atom. The summed E-state index contributed by atoms with van der Waals surface area (Å²) in [5.74, 6) is 0.252. The lowest BCUT2D eigenvalue weighted by Crippen LogP contribution is -2.45. The van der Waals surface area contributed by atoms with E-state index >= 15 is 0 Å². The fourth-order valence-corrected chi connectivity index (χ4v) is 2.51. The molecule has 2 atom stereocenters. The van der Waals surface area contributed by atoms with Crippen LogP contribution < -0.4 is 5.32 Å². The Hall–Kier alpha value is -1.10. The highest BCUT2D eigenvalue weighted by molar-refractivity contribution is 5.79. The van der Waals surface area contributed by atoms with Gasteiger partial charge in [0, 0.05) is 6.04 Å². The van der Waals surface area contributed by atoms with Crippen LogP contribution >= 0.6 is 0 Å². The van der Waals surface area contributed by atoms with Gasteiger partial charge in [0.1, 0.15) is 0 Å². The highest BCUT2D eigenvalue weighted by Gasteiger charge is 2.23. The summed E-state index contributed by atoms with van der Waals surface area (Å²) in [7, 11) is 1.75. The second kappa shape index (κ2) is 8.15. The van der Waals surface area contributed by atoms with Crippen molar-refractivity contribution in [2.45, 2.75) is 45.6 Å². The van der Waals surface area contributed by atoms with E-state index < -0.39 is 0 Å². The topological polar surface area (TPSA) is 58.6 Å². The Balaban J connectivity index is 2.27. The zero-order chi connectivity index (χ0) is 14.3. The molecule has 1 amide bonds. The second-order valence-electron chi connectivity index (χ2n) is 5.41. The molecule has 1 rings (SSSR count). The Kier molecular flexibility index (Phi) is 6.84. The Labute approximate surface area is 115 Å². The molecule has 19 heavy (non-hydrogen) atoms. The van der Waals surface area contributed by atoms with E-state index in [4.69, 9.17) is 4.74 Å². The summed E-state index contributed by atoms with van der Waals surface area (Å²) in [6.45, 7) is 4.73. The van der Waals surface area contributed by atoms with Crippen molar-refractivity contribution in [3.63, 3.8) is 0 Å². The molecule has 0 spiro atoms. The van der Waals surface area contributed by atoms with Crippen LogP contribution in [0.4, 0.5) is 0 Å². The summed E-state index contributed by atoms with van der Waals surface area (Å²) in [4.78, 5) is 24.9. The first kappa shape index (κ1) is 16.0. The van der Waals surface area contributed by atoms with Crippen LogP contribution in [0, 0.1) is 5.92 Å². The largest absolute Gasteiger partial charge is 0.465 e. The fourth-order valence-electron chi connectivity index (χ4n) is 2.51. The molecule has 1 aliphatic carbocycles. The molecular weight excluding hydrogens is 244 g/mol. The molecule has 0 radical (unpaired) electrons. The first-order chi connectivity index (χ1) is 9.02. The van der Waals surface area contributed by atoms with E-state index in [0.29, 0.717) is 12.5 Å². The quantitative estimate of drug-likeness (QED) is 0.736. The SMILES string of the molecule is CCOC(=O)CN(C)CC(=O)NC1CCCCC1C. The third-order valence-corrected chi connectivity index (χ3v) is 3.58. The minimum Gasteiger partial charge on any atom is -0.465 e. The van der Waals surface area contributed by atoms with Gasteiger partial charge in [-0.2, -0.15) is 0 Å². The number of rotatable bonds is 6. The van der Waals surface area contributed by atoms with E-state index in [9.17, 15) is 9.59 Å². The summed E-state index contributed by atoms with van der Waals surface area (Å²) in [6.07, 6.45) is 4.70. The van der Waals surface area contributed by atoms with Gasteiger partial charge in [0.2, 0.25) is 5.91 Å². The van der Waals surface area contributed by atoms with E-state index in [1.54, 1.807) is 18.9 Å². The molecule has 1 aliphatic rings. The third kappa shape index (κ3) is 6.05. The maximum absolute atomic E-state index is 11.9. The van der Waals surface area contributed by atoms with Crippen LogP contribution in [0.5, 0.6) is 0 Å². The number of carbonyl (C=O) groups is 2. The molecule has 0 aromatic rings. The summed E-state index contributed by atoms with van der Waals surface area (Å²) in [5.41, 5.74) is 0. The third-order valence-electron chi connectivity index (χ3n) is 3.58. The van der Waals surface area contributed by atoms with Gasteiger partial charge in [-0.3, -0.25) is 14.5 Å². The normalized spacial score (nSPS) is 23.2. The zero-order valence-electron chi connectivity index (χ0n) is 12.3. The van der Waals surface area contributed by atoms with E-state index in [1.165, 1.54) is 19.3 Å². The van der Waals surface area contributed by atoms with Crippen molar-refractivity contribution < 1.29 is 14.3 Å². The van der Waals surface area contributed by atoms with Crippen LogP contribution in [-0.2, 0) is 14.3 Å². The smallest absolute Gasteiger partial charge is 0.320 e. The summed E-state index contributed by atoms with van der Waals surface area (Å²) in [6, 6.07) is 0.289. The molecule has 2 unspecified atom stereocenters. The van der Waals surface area contributed by atoms with Gasteiger partial charge < -0.3 is 10.1 Å². The van der Waals surface area contributed by atoms with Crippen molar-refractivity contribution in [1.29, 1.82) is 0 Å². The number of hydrogen-bond acceptors (Lipinski definition) is 4. The van der Waals surface area contributed by atoms with Gasteiger partial charge >= 0.3 is 5.97 Å². The molecular formula is C14H26N2O3. The molecule has 0 saturated heterocycles. The van der Waals surface area contributed by atoms with Crippen LogP contribution in [0.1, 0.15) is 39.5 Å². The predicted octanol–water partition coefficient (Wildman–Crippen LogP) is 1.18. The van der Waals surface area contributed by atoms with Gasteiger partial charge in [0.05, 0.1) is 19.7 Å². The molecule has 5 nitrogen and oxygen atoms in total. The van der Waals surface area contributed by atoms with Gasteiger partial charge in [0.25, 0.3) is 0 Å². The molecule has 1 fully saturated rings. The van der Waals surface area contributed by atoms with Crippen molar-refractivity contribution in [2.75, 3.05) is 26.7 Å². The molecule has 1 N–H and O–H groups in total. The van der Waals surface area contributed by atoms with E-state index in [-0.39, 0.29) is 31.0 Å². The van der Waals surface area contributed by atoms with Gasteiger partial charge in [-0.15, -0.1) is 0 Å². The van der Waals surface area contributed by atoms with E-state index in [0.717, 1.165) is 6.42 Å². The maximum Gasteiger partial charge on any atom is 0.320 e. The van der Waals surface area contributed by atoms with Crippen molar-refractivity contribution in [1.82, 2.24) is 10.2 Å². The maximum atomic E-state index is 11.9. The first-order valence-electron chi connectivity index (χ1n) is 7.16. The van der Waals surface area contributed by atoms with E-state index in [1.807, 2.05) is 0 Å². The number of carbonyl (C=O) groups excluding carboxylic acids is 2. The predicted molar refractivity (Wildman–Crippen MR) is 73.7 cm³/mol. The van der Waals surface area contributed by atoms with Crippen molar-refractivity contribution >= 4 is 11.9 Å². The summed E-state index contributed by atoms with van der Waals surface area (Å²) >= 11 is 0. The lowest BCUT2D eigenvalue weighted by molar-refractivity contribution is -0.144. The minimum absolute atomic E-state index is 0.00875. The number of nitrogens with zero attached hydrogens (tertiary/aromatic N) is 1. The molecule has 110 valence electrons. The molecule has 0 aromatic carbocycles. The molecule has 0 bridgehead atoms. The highest BCUT2D eigenvalue weighted by atomic mass is 16.5. The van der Waals surface area contributed by atoms with Gasteiger partial charge in [-0.25, -0.2) is 0 Å². The summed E-state index contributed by atoms with van der Waals surface area (Å²) < 4.78 is 4.85. The molecule has 1 saturated carbocycles. The number of likely N-dealkylation sites (N-methyl/N-ethyl adjacent to an activating group) is 1. The van der Waals surface area contributed by atoms with Crippen molar-refractivity contribution in [2.24, 2.45) is 5.92 Å². The van der Waals surface area contributed by atoms with Crippen LogP contribution in [0.2, 0.25) is 0 Å².